The molecule has 0 aliphatic heterocycles. The van der Waals surface area contributed by atoms with Crippen LogP contribution in [0.3, 0.4) is 0 Å². The number of nitrogens with two attached hydrogens (primary N) is 1. The van der Waals surface area contributed by atoms with Crippen LogP contribution < -0.4 is 10.5 Å². The highest BCUT2D eigenvalue weighted by molar-refractivity contribution is 5.88. The van der Waals surface area contributed by atoms with Crippen LogP contribution in [-0.2, 0) is 0 Å². The van der Waals surface area contributed by atoms with Crippen LogP contribution in [-0.4, -0.2) is 31.6 Å². The molecule has 1 fully saturated rings. The molecule has 3 rings (SSSR count). The number of ether oxygens (including phenoxy) is 1. The average molecular weight is 284 g/mol. The van der Waals surface area contributed by atoms with E-state index < -0.39 is 0 Å². The van der Waals surface area contributed by atoms with E-state index in [1.54, 1.807) is 7.11 Å². The Morgan fingerprint density at radius 2 is 2.00 bits per heavy atom. The molecule has 0 amide bonds. The molecule has 112 valence electrons. The van der Waals surface area contributed by atoms with Crippen LogP contribution in [0, 0.1) is 0 Å². The number of hydrogen-bond donors (Lipinski definition) is 1. The lowest BCUT2D eigenvalue weighted by molar-refractivity contribution is 0.112. The van der Waals surface area contributed by atoms with Gasteiger partial charge in [-0.15, -0.1) is 0 Å². The van der Waals surface area contributed by atoms with E-state index >= 15 is 0 Å². The lowest BCUT2D eigenvalue weighted by atomic mass is 9.88. The smallest absolute Gasteiger partial charge is 0.124 e. The maximum Gasteiger partial charge on any atom is 0.124 e. The van der Waals surface area contributed by atoms with Crippen molar-refractivity contribution in [2.75, 3.05) is 20.7 Å². The quantitative estimate of drug-likeness (QED) is 0.915. The molecule has 1 saturated carbocycles. The van der Waals surface area contributed by atoms with Gasteiger partial charge < -0.3 is 10.5 Å². The summed E-state index contributed by atoms with van der Waals surface area (Å²) in [6.45, 7) is 0.608. The van der Waals surface area contributed by atoms with Gasteiger partial charge in [0.1, 0.15) is 5.75 Å². The number of benzene rings is 2. The Balaban J connectivity index is 2.10. The van der Waals surface area contributed by atoms with Gasteiger partial charge in [0.05, 0.1) is 13.2 Å². The van der Waals surface area contributed by atoms with Gasteiger partial charge in [0.2, 0.25) is 0 Å². The van der Waals surface area contributed by atoms with Crippen molar-refractivity contribution in [3.63, 3.8) is 0 Å². The lowest BCUT2D eigenvalue weighted by Crippen LogP contribution is -2.42. The summed E-state index contributed by atoms with van der Waals surface area (Å²) in [5.41, 5.74) is 7.37. The first kappa shape index (κ1) is 14.4. The minimum Gasteiger partial charge on any atom is -0.496 e. The van der Waals surface area contributed by atoms with Crippen molar-refractivity contribution >= 4 is 10.8 Å². The standard InChI is InChI=1S/C18H24N2O/c1-20(14-7-5-8-14)16(12-19)18-15-9-4-3-6-13(15)10-11-17(18)21-2/h3-4,6,9-11,14,16H,5,7-8,12,19H2,1-2H3. The van der Waals surface area contributed by atoms with E-state index in [0.29, 0.717) is 12.6 Å². The molecule has 2 aromatic rings. The molecule has 0 heterocycles. The molecule has 2 N–H and O–H groups in total. The molecule has 1 atom stereocenters. The minimum absolute atomic E-state index is 0.205. The van der Waals surface area contributed by atoms with Crippen LogP contribution in [0.1, 0.15) is 30.9 Å². The molecular weight excluding hydrogens is 260 g/mol. The molecule has 21 heavy (non-hydrogen) atoms. The Labute approximate surface area is 126 Å². The van der Waals surface area contributed by atoms with E-state index in [1.165, 1.54) is 35.6 Å². The van der Waals surface area contributed by atoms with Crippen molar-refractivity contribution < 1.29 is 4.74 Å². The number of nitrogens with zero attached hydrogens (tertiary/aromatic N) is 1. The molecule has 0 saturated heterocycles. The van der Waals surface area contributed by atoms with Gasteiger partial charge in [0.15, 0.2) is 0 Å². The van der Waals surface area contributed by atoms with E-state index in [2.05, 4.69) is 48.3 Å². The highest BCUT2D eigenvalue weighted by Gasteiger charge is 2.30. The summed E-state index contributed by atoms with van der Waals surface area (Å²) in [4.78, 5) is 2.44. The molecule has 1 aliphatic carbocycles. The molecule has 1 unspecified atom stereocenters. The van der Waals surface area contributed by atoms with Crippen molar-refractivity contribution in [2.24, 2.45) is 5.73 Å². The van der Waals surface area contributed by atoms with Gasteiger partial charge in [-0.1, -0.05) is 36.8 Å². The second-order valence-corrected chi connectivity index (χ2v) is 5.90. The van der Waals surface area contributed by atoms with Gasteiger partial charge in [-0.25, -0.2) is 0 Å². The van der Waals surface area contributed by atoms with Crippen LogP contribution in [0.15, 0.2) is 36.4 Å². The van der Waals surface area contributed by atoms with E-state index in [9.17, 15) is 0 Å². The number of methoxy groups -OCH3 is 1. The topological polar surface area (TPSA) is 38.5 Å². The summed E-state index contributed by atoms with van der Waals surface area (Å²) >= 11 is 0. The monoisotopic (exact) mass is 284 g/mol. The zero-order valence-corrected chi connectivity index (χ0v) is 12.9. The van der Waals surface area contributed by atoms with Gasteiger partial charge in [-0.2, -0.15) is 0 Å². The zero-order valence-electron chi connectivity index (χ0n) is 12.9. The minimum atomic E-state index is 0.205. The highest BCUT2D eigenvalue weighted by atomic mass is 16.5. The molecule has 0 aromatic heterocycles. The summed E-state index contributed by atoms with van der Waals surface area (Å²) in [6, 6.07) is 13.5. The maximum absolute atomic E-state index is 6.14. The summed E-state index contributed by atoms with van der Waals surface area (Å²) in [5, 5.41) is 2.49. The van der Waals surface area contributed by atoms with Gasteiger partial charge in [0.25, 0.3) is 0 Å². The molecule has 0 bridgehead atoms. The predicted octanol–water partition coefficient (Wildman–Crippen LogP) is 3.33. The van der Waals surface area contributed by atoms with Crippen molar-refractivity contribution in [1.82, 2.24) is 4.90 Å². The molecule has 3 nitrogen and oxygen atoms in total. The van der Waals surface area contributed by atoms with Gasteiger partial charge in [-0.05, 0) is 36.7 Å². The Morgan fingerprint density at radius 3 is 2.62 bits per heavy atom. The van der Waals surface area contributed by atoms with E-state index in [1.807, 2.05) is 0 Å². The van der Waals surface area contributed by atoms with E-state index in [0.717, 1.165) is 5.75 Å². The lowest BCUT2D eigenvalue weighted by Gasteiger charge is -2.40. The first-order chi connectivity index (χ1) is 10.3. The third-order valence-corrected chi connectivity index (χ3v) is 4.85. The molecule has 3 heteroatoms. The third kappa shape index (κ3) is 2.52. The van der Waals surface area contributed by atoms with E-state index in [4.69, 9.17) is 10.5 Å². The summed E-state index contributed by atoms with van der Waals surface area (Å²) in [5.74, 6) is 0.940. The Morgan fingerprint density at radius 1 is 1.24 bits per heavy atom. The molecular formula is C18H24N2O. The van der Waals surface area contributed by atoms with Gasteiger partial charge in [0, 0.05) is 18.2 Å². The fourth-order valence-electron chi connectivity index (χ4n) is 3.33. The van der Waals surface area contributed by atoms with Gasteiger partial charge >= 0.3 is 0 Å². The van der Waals surface area contributed by atoms with Crippen LogP contribution >= 0.6 is 0 Å². The summed E-state index contributed by atoms with van der Waals surface area (Å²) < 4.78 is 5.64. The third-order valence-electron chi connectivity index (χ3n) is 4.85. The van der Waals surface area contributed by atoms with Crippen molar-refractivity contribution in [3.8, 4) is 5.75 Å². The van der Waals surface area contributed by atoms with Crippen LogP contribution in [0.4, 0.5) is 0 Å². The average Bonchev–Trinajstić information content (AvgIpc) is 2.46. The summed E-state index contributed by atoms with van der Waals surface area (Å²) in [6.07, 6.45) is 3.89. The number of fused-ring (bicyclic) bond motifs is 1. The highest BCUT2D eigenvalue weighted by Crippen LogP contribution is 2.38. The number of hydrogen-bond acceptors (Lipinski definition) is 3. The normalized spacial score (nSPS) is 17.0. The first-order valence-electron chi connectivity index (χ1n) is 7.74. The van der Waals surface area contributed by atoms with Crippen LogP contribution in [0.5, 0.6) is 5.75 Å². The SMILES string of the molecule is COc1ccc2ccccc2c1C(CN)N(C)C1CCC1. The Hall–Kier alpha value is -1.58. The van der Waals surface area contributed by atoms with E-state index in [-0.39, 0.29) is 6.04 Å². The molecule has 0 spiro atoms. The second kappa shape index (κ2) is 6.04. The van der Waals surface area contributed by atoms with Crippen LogP contribution in [0.25, 0.3) is 10.8 Å². The van der Waals surface area contributed by atoms with Crippen molar-refractivity contribution in [3.05, 3.63) is 42.0 Å². The maximum atomic E-state index is 6.14. The van der Waals surface area contributed by atoms with Crippen LogP contribution in [0.2, 0.25) is 0 Å². The first-order valence-corrected chi connectivity index (χ1v) is 7.74. The molecule has 0 radical (unpaired) electrons. The fraction of sp³-hybridized carbons (Fsp3) is 0.444. The predicted molar refractivity (Wildman–Crippen MR) is 87.7 cm³/mol. The summed E-state index contributed by atoms with van der Waals surface area (Å²) in [7, 11) is 3.94. The van der Waals surface area contributed by atoms with Crippen molar-refractivity contribution in [1.29, 1.82) is 0 Å². The van der Waals surface area contributed by atoms with Crippen molar-refractivity contribution in [2.45, 2.75) is 31.3 Å². The number of likely N-dealkylation sites (N-methyl/N-ethyl adjacent to an activating group) is 1. The Kier molecular flexibility index (Phi) is 4.13. The fourth-order valence-corrected chi connectivity index (χ4v) is 3.33. The molecule has 1 aliphatic rings. The zero-order chi connectivity index (χ0) is 14.8. The Bertz CT molecular complexity index is 622. The largest absolute Gasteiger partial charge is 0.496 e. The molecule has 2 aromatic carbocycles. The number of rotatable bonds is 5. The van der Waals surface area contributed by atoms with Gasteiger partial charge in [-0.3, -0.25) is 4.90 Å². The second-order valence-electron chi connectivity index (χ2n) is 5.90.